The zero-order valence-corrected chi connectivity index (χ0v) is 16.8. The van der Waals surface area contributed by atoms with Crippen LogP contribution in [0.25, 0.3) is 5.70 Å². The Hall–Kier alpha value is -4.36. The highest BCUT2D eigenvalue weighted by molar-refractivity contribution is 6.20. The molecule has 2 aliphatic rings. The highest BCUT2D eigenvalue weighted by Crippen LogP contribution is 2.31. The molecule has 4 rings (SSSR count). The Labute approximate surface area is 182 Å². The van der Waals surface area contributed by atoms with Crippen molar-refractivity contribution >= 4 is 29.0 Å². The zero-order valence-electron chi connectivity index (χ0n) is 16.8. The molecule has 1 N–H and O–H groups in total. The van der Waals surface area contributed by atoms with Gasteiger partial charge in [0.05, 0.1) is 23.8 Å². The smallest absolute Gasteiger partial charge is 0.270 e. The summed E-state index contributed by atoms with van der Waals surface area (Å²) in [7, 11) is 0. The summed E-state index contributed by atoms with van der Waals surface area (Å²) in [5.74, 6) is -0.883. The molecule has 0 bridgehead atoms. The van der Waals surface area contributed by atoms with Gasteiger partial charge in [-0.2, -0.15) is 5.26 Å². The fraction of sp³-hybridized carbons (Fsp3) is 0.182. The van der Waals surface area contributed by atoms with E-state index >= 15 is 0 Å². The Morgan fingerprint density at radius 3 is 2.53 bits per heavy atom. The number of nitrogens with one attached hydrogen (secondary N) is 1. The SMILES string of the molecule is N#CC(C(=O)N1CCOCC1)=C1N=C(NC(=O)c2cccc([N+](=O)[O-])c2)c2ccccc21. The van der Waals surface area contributed by atoms with Gasteiger partial charge < -0.3 is 15.0 Å². The van der Waals surface area contributed by atoms with E-state index in [1.165, 1.54) is 23.1 Å². The maximum absolute atomic E-state index is 12.9. The first-order valence-electron chi connectivity index (χ1n) is 9.75. The first-order chi connectivity index (χ1) is 15.5. The average molecular weight is 431 g/mol. The summed E-state index contributed by atoms with van der Waals surface area (Å²) in [5.41, 5.74) is 1.01. The molecule has 10 nitrogen and oxygen atoms in total. The first kappa shape index (κ1) is 20.9. The molecular weight excluding hydrogens is 414 g/mol. The van der Waals surface area contributed by atoms with Crippen LogP contribution in [0.2, 0.25) is 0 Å². The molecule has 2 aromatic carbocycles. The number of aliphatic imine (C=N–C) groups is 1. The zero-order chi connectivity index (χ0) is 22.7. The second kappa shape index (κ2) is 8.79. The molecule has 10 heteroatoms. The predicted octanol–water partition coefficient (Wildman–Crippen LogP) is 1.88. The monoisotopic (exact) mass is 431 g/mol. The van der Waals surface area contributed by atoms with E-state index in [9.17, 15) is 25.0 Å². The first-order valence-corrected chi connectivity index (χ1v) is 9.75. The lowest BCUT2D eigenvalue weighted by Gasteiger charge is -2.26. The third kappa shape index (κ3) is 3.97. The lowest BCUT2D eigenvalue weighted by molar-refractivity contribution is -0.384. The molecule has 0 unspecified atom stereocenters. The second-order valence-electron chi connectivity index (χ2n) is 7.01. The maximum Gasteiger partial charge on any atom is 0.270 e. The Balaban J connectivity index is 1.69. The van der Waals surface area contributed by atoms with Gasteiger partial charge in [-0.25, -0.2) is 4.99 Å². The van der Waals surface area contributed by atoms with E-state index < -0.39 is 16.7 Å². The van der Waals surface area contributed by atoms with E-state index in [1.54, 1.807) is 24.3 Å². The molecule has 0 aliphatic carbocycles. The van der Waals surface area contributed by atoms with E-state index in [1.807, 2.05) is 6.07 Å². The summed E-state index contributed by atoms with van der Waals surface area (Å²) < 4.78 is 5.26. The van der Waals surface area contributed by atoms with Crippen molar-refractivity contribution in [3.05, 3.63) is 80.9 Å². The topological polar surface area (TPSA) is 138 Å². The minimum atomic E-state index is -0.596. The molecule has 2 aromatic rings. The number of fused-ring (bicyclic) bond motifs is 1. The summed E-state index contributed by atoms with van der Waals surface area (Å²) in [6.45, 7) is 1.53. The van der Waals surface area contributed by atoms with Crippen LogP contribution >= 0.6 is 0 Å². The largest absolute Gasteiger partial charge is 0.378 e. The van der Waals surface area contributed by atoms with Crippen molar-refractivity contribution in [1.29, 1.82) is 5.26 Å². The van der Waals surface area contributed by atoms with E-state index in [0.29, 0.717) is 37.4 Å². The van der Waals surface area contributed by atoms with Crippen LogP contribution in [0.15, 0.2) is 59.1 Å². The van der Waals surface area contributed by atoms with Crippen LogP contribution < -0.4 is 5.32 Å². The van der Waals surface area contributed by atoms with E-state index in [-0.39, 0.29) is 28.4 Å². The van der Waals surface area contributed by atoms with Crippen LogP contribution in [0.3, 0.4) is 0 Å². The average Bonchev–Trinajstić information content (AvgIpc) is 3.18. The molecule has 0 radical (unpaired) electrons. The molecular formula is C22H17N5O5. The van der Waals surface area contributed by atoms with Crippen molar-refractivity contribution in [1.82, 2.24) is 10.2 Å². The number of nitrogens with zero attached hydrogens (tertiary/aromatic N) is 4. The molecule has 1 saturated heterocycles. The molecule has 2 aliphatic heterocycles. The maximum atomic E-state index is 12.9. The van der Waals surface area contributed by atoms with Gasteiger partial charge >= 0.3 is 0 Å². The lowest BCUT2D eigenvalue weighted by atomic mass is 10.0. The number of morpholine rings is 1. The van der Waals surface area contributed by atoms with Crippen molar-refractivity contribution < 1.29 is 19.2 Å². The summed E-state index contributed by atoms with van der Waals surface area (Å²) in [6.07, 6.45) is 0. The molecule has 160 valence electrons. The molecule has 0 spiro atoms. The molecule has 0 atom stereocenters. The summed E-state index contributed by atoms with van der Waals surface area (Å²) in [5, 5.41) is 23.4. The number of carbonyl (C=O) groups is 2. The minimum absolute atomic E-state index is 0.0849. The Bertz CT molecular complexity index is 1220. The third-order valence-corrected chi connectivity index (χ3v) is 5.07. The van der Waals surface area contributed by atoms with Crippen molar-refractivity contribution in [2.45, 2.75) is 0 Å². The van der Waals surface area contributed by atoms with Gasteiger partial charge in [0, 0.05) is 41.9 Å². The van der Waals surface area contributed by atoms with Crippen molar-refractivity contribution in [2.24, 2.45) is 4.99 Å². The number of amides is 2. The van der Waals surface area contributed by atoms with Crippen LogP contribution in [-0.2, 0) is 9.53 Å². The number of nitro groups is 1. The van der Waals surface area contributed by atoms with E-state index in [4.69, 9.17) is 4.74 Å². The van der Waals surface area contributed by atoms with Gasteiger partial charge in [0.1, 0.15) is 17.5 Å². The van der Waals surface area contributed by atoms with Crippen molar-refractivity contribution in [3.8, 4) is 6.07 Å². The number of hydrogen-bond donors (Lipinski definition) is 1. The highest BCUT2D eigenvalue weighted by atomic mass is 16.6. The van der Waals surface area contributed by atoms with Gasteiger partial charge in [0.25, 0.3) is 17.5 Å². The predicted molar refractivity (Wildman–Crippen MR) is 113 cm³/mol. The number of amidine groups is 1. The molecule has 2 heterocycles. The normalized spacial score (nSPS) is 16.5. The van der Waals surface area contributed by atoms with Crippen LogP contribution in [0.4, 0.5) is 5.69 Å². The number of benzene rings is 2. The van der Waals surface area contributed by atoms with Crippen LogP contribution in [0.5, 0.6) is 0 Å². The fourth-order valence-corrected chi connectivity index (χ4v) is 3.48. The molecule has 0 saturated carbocycles. The molecule has 1 fully saturated rings. The quantitative estimate of drug-likeness (QED) is 0.341. The van der Waals surface area contributed by atoms with Crippen LogP contribution in [-0.4, -0.2) is 53.8 Å². The number of rotatable bonds is 3. The Morgan fingerprint density at radius 1 is 1.12 bits per heavy atom. The summed E-state index contributed by atoms with van der Waals surface area (Å²) in [6, 6.07) is 14.2. The fourth-order valence-electron chi connectivity index (χ4n) is 3.48. The minimum Gasteiger partial charge on any atom is -0.378 e. The number of nitriles is 1. The number of non-ortho nitro benzene ring substituents is 1. The molecule has 2 amide bonds. The van der Waals surface area contributed by atoms with E-state index in [0.717, 1.165) is 6.07 Å². The summed E-state index contributed by atoms with van der Waals surface area (Å²) >= 11 is 0. The van der Waals surface area contributed by atoms with Gasteiger partial charge in [0.2, 0.25) is 0 Å². The van der Waals surface area contributed by atoms with Gasteiger partial charge in [-0.3, -0.25) is 19.7 Å². The standard InChI is InChI=1S/C22H17N5O5/c23-13-18(22(29)26-8-10-32-11-9-26)19-16-6-1-2-7-17(16)20(24-19)25-21(28)14-4-3-5-15(12-14)27(30)31/h1-7,12H,8-11H2,(H,24,25,28). The van der Waals surface area contributed by atoms with E-state index in [2.05, 4.69) is 10.3 Å². The second-order valence-corrected chi connectivity index (χ2v) is 7.01. The number of hydrogen-bond acceptors (Lipinski definition) is 7. The van der Waals surface area contributed by atoms with Crippen molar-refractivity contribution in [3.63, 3.8) is 0 Å². The highest BCUT2D eigenvalue weighted by Gasteiger charge is 2.30. The lowest BCUT2D eigenvalue weighted by Crippen LogP contribution is -2.41. The van der Waals surface area contributed by atoms with Crippen LogP contribution in [0.1, 0.15) is 21.5 Å². The third-order valence-electron chi connectivity index (χ3n) is 5.07. The molecule has 32 heavy (non-hydrogen) atoms. The van der Waals surface area contributed by atoms with Gasteiger partial charge in [-0.15, -0.1) is 0 Å². The molecule has 0 aromatic heterocycles. The van der Waals surface area contributed by atoms with Crippen LogP contribution in [0, 0.1) is 21.4 Å². The Kier molecular flexibility index (Phi) is 5.74. The number of carbonyl (C=O) groups excluding carboxylic acids is 2. The summed E-state index contributed by atoms with van der Waals surface area (Å²) in [4.78, 5) is 42.0. The number of ether oxygens (including phenoxy) is 1. The van der Waals surface area contributed by atoms with Crippen molar-refractivity contribution in [2.75, 3.05) is 26.3 Å². The van der Waals surface area contributed by atoms with Gasteiger partial charge in [-0.1, -0.05) is 30.3 Å². The number of nitro benzene ring substituents is 1. The van der Waals surface area contributed by atoms with Gasteiger partial charge in [-0.05, 0) is 6.07 Å². The Morgan fingerprint density at radius 2 is 1.84 bits per heavy atom. The van der Waals surface area contributed by atoms with Gasteiger partial charge in [0.15, 0.2) is 0 Å².